The molecule has 1 atom stereocenters. The smallest absolute Gasteiger partial charge is 0.162 e. The summed E-state index contributed by atoms with van der Waals surface area (Å²) in [5.41, 5.74) is 2.18. The highest BCUT2D eigenvalue weighted by Gasteiger charge is 2.27. The number of likely N-dealkylation sites (tertiary alicyclic amines) is 1. The fraction of sp³-hybridized carbons (Fsp3) is 0.435. The molecular formula is C23H29NO2. The van der Waals surface area contributed by atoms with Crippen molar-refractivity contribution in [3.05, 3.63) is 71.8 Å². The Morgan fingerprint density at radius 2 is 1.65 bits per heavy atom. The van der Waals surface area contributed by atoms with Crippen LogP contribution in [0, 0.1) is 5.92 Å². The Morgan fingerprint density at radius 1 is 1.04 bits per heavy atom. The second kappa shape index (κ2) is 9.65. The van der Waals surface area contributed by atoms with Gasteiger partial charge in [0, 0.05) is 25.6 Å². The minimum Gasteiger partial charge on any atom is -0.381 e. The topological polar surface area (TPSA) is 29.5 Å². The third kappa shape index (κ3) is 5.26. The van der Waals surface area contributed by atoms with E-state index < -0.39 is 0 Å². The van der Waals surface area contributed by atoms with Gasteiger partial charge in [0.25, 0.3) is 0 Å². The number of Topliss-reactive ketones (excluding diaryl/α,β-unsaturated/α-hetero) is 1. The van der Waals surface area contributed by atoms with E-state index in [0.29, 0.717) is 12.3 Å². The standard InChI is InChI=1S/C23H29NO2/c1-26-23(13-12-22(25)20-10-6-3-7-11-20)21-14-16-24(17-15-21)18-19-8-4-2-5-9-19/h2-11,21,23H,12-18H2,1H3. The molecule has 1 unspecified atom stereocenters. The molecule has 0 spiro atoms. The number of nitrogens with zero attached hydrogens (tertiary/aromatic N) is 1. The quantitative estimate of drug-likeness (QED) is 0.652. The lowest BCUT2D eigenvalue weighted by Gasteiger charge is -2.35. The summed E-state index contributed by atoms with van der Waals surface area (Å²) in [6.07, 6.45) is 3.84. The molecule has 138 valence electrons. The van der Waals surface area contributed by atoms with Gasteiger partial charge in [-0.2, -0.15) is 0 Å². The SMILES string of the molecule is COC(CCC(=O)c1ccccc1)C1CCN(Cc2ccccc2)CC1. The molecule has 1 fully saturated rings. The van der Waals surface area contributed by atoms with Crippen LogP contribution in [0.15, 0.2) is 60.7 Å². The monoisotopic (exact) mass is 351 g/mol. The average molecular weight is 351 g/mol. The van der Waals surface area contributed by atoms with Crippen LogP contribution in [0.3, 0.4) is 0 Å². The Bertz CT molecular complexity index is 663. The largest absolute Gasteiger partial charge is 0.381 e. The van der Waals surface area contributed by atoms with Gasteiger partial charge in [-0.25, -0.2) is 0 Å². The molecule has 2 aromatic rings. The van der Waals surface area contributed by atoms with Crippen molar-refractivity contribution in [1.29, 1.82) is 0 Å². The first-order valence-corrected chi connectivity index (χ1v) is 9.63. The van der Waals surface area contributed by atoms with E-state index in [1.807, 2.05) is 30.3 Å². The zero-order chi connectivity index (χ0) is 18.2. The van der Waals surface area contributed by atoms with Crippen molar-refractivity contribution >= 4 is 5.78 Å². The molecular weight excluding hydrogens is 322 g/mol. The van der Waals surface area contributed by atoms with Crippen LogP contribution in [0.2, 0.25) is 0 Å². The predicted molar refractivity (Wildman–Crippen MR) is 105 cm³/mol. The predicted octanol–water partition coefficient (Wildman–Crippen LogP) is 4.58. The first kappa shape index (κ1) is 18.8. The van der Waals surface area contributed by atoms with Crippen molar-refractivity contribution < 1.29 is 9.53 Å². The van der Waals surface area contributed by atoms with Crippen LogP contribution in [0.25, 0.3) is 0 Å². The van der Waals surface area contributed by atoms with E-state index >= 15 is 0 Å². The van der Waals surface area contributed by atoms with E-state index in [4.69, 9.17) is 4.74 Å². The second-order valence-corrected chi connectivity index (χ2v) is 7.20. The molecule has 0 aliphatic carbocycles. The molecule has 0 saturated carbocycles. The molecule has 1 heterocycles. The van der Waals surface area contributed by atoms with Crippen molar-refractivity contribution in [3.63, 3.8) is 0 Å². The first-order valence-electron chi connectivity index (χ1n) is 9.63. The fourth-order valence-corrected chi connectivity index (χ4v) is 3.91. The number of piperidine rings is 1. The Labute approximate surface area is 157 Å². The Hall–Kier alpha value is -1.97. The van der Waals surface area contributed by atoms with Gasteiger partial charge in [-0.15, -0.1) is 0 Å². The number of hydrogen-bond acceptors (Lipinski definition) is 3. The summed E-state index contributed by atoms with van der Waals surface area (Å²) >= 11 is 0. The molecule has 0 radical (unpaired) electrons. The van der Waals surface area contributed by atoms with Gasteiger partial charge >= 0.3 is 0 Å². The Balaban J connectivity index is 1.45. The van der Waals surface area contributed by atoms with Crippen LogP contribution >= 0.6 is 0 Å². The lowest BCUT2D eigenvalue weighted by atomic mass is 9.87. The highest BCUT2D eigenvalue weighted by Crippen LogP contribution is 2.26. The summed E-state index contributed by atoms with van der Waals surface area (Å²) in [5, 5.41) is 0. The third-order valence-corrected chi connectivity index (χ3v) is 5.46. The molecule has 1 saturated heterocycles. The first-order chi connectivity index (χ1) is 12.8. The lowest BCUT2D eigenvalue weighted by Crippen LogP contribution is -2.38. The highest BCUT2D eigenvalue weighted by atomic mass is 16.5. The van der Waals surface area contributed by atoms with Crippen molar-refractivity contribution in [1.82, 2.24) is 4.90 Å². The van der Waals surface area contributed by atoms with Gasteiger partial charge in [-0.05, 0) is 43.8 Å². The number of ketones is 1. The molecule has 3 rings (SSSR count). The third-order valence-electron chi connectivity index (χ3n) is 5.46. The van der Waals surface area contributed by atoms with Crippen LogP contribution < -0.4 is 0 Å². The van der Waals surface area contributed by atoms with Crippen molar-refractivity contribution in [3.8, 4) is 0 Å². The average Bonchev–Trinajstić information content (AvgIpc) is 2.71. The molecule has 1 aliphatic rings. The number of carbonyl (C=O) groups excluding carboxylic acids is 1. The van der Waals surface area contributed by atoms with Gasteiger partial charge < -0.3 is 4.74 Å². The summed E-state index contributed by atoms with van der Waals surface area (Å²) in [6, 6.07) is 20.2. The van der Waals surface area contributed by atoms with Gasteiger partial charge in [0.05, 0.1) is 6.10 Å². The van der Waals surface area contributed by atoms with Crippen molar-refractivity contribution in [2.45, 2.75) is 38.3 Å². The number of benzene rings is 2. The summed E-state index contributed by atoms with van der Waals surface area (Å²) < 4.78 is 5.76. The van der Waals surface area contributed by atoms with Gasteiger partial charge in [0.15, 0.2) is 5.78 Å². The molecule has 0 N–H and O–H groups in total. The Morgan fingerprint density at radius 3 is 2.27 bits per heavy atom. The van der Waals surface area contributed by atoms with Crippen LogP contribution in [-0.4, -0.2) is 37.0 Å². The summed E-state index contributed by atoms with van der Waals surface area (Å²) in [5.74, 6) is 0.768. The minimum absolute atomic E-state index is 0.182. The summed E-state index contributed by atoms with van der Waals surface area (Å²) in [6.45, 7) is 3.23. The van der Waals surface area contributed by atoms with Crippen molar-refractivity contribution in [2.24, 2.45) is 5.92 Å². The summed E-state index contributed by atoms with van der Waals surface area (Å²) in [7, 11) is 1.79. The van der Waals surface area contributed by atoms with Crippen molar-refractivity contribution in [2.75, 3.05) is 20.2 Å². The minimum atomic E-state index is 0.182. The normalized spacial score (nSPS) is 17.1. The van der Waals surface area contributed by atoms with Gasteiger partial charge in [-0.1, -0.05) is 60.7 Å². The van der Waals surface area contributed by atoms with E-state index in [1.54, 1.807) is 7.11 Å². The molecule has 3 nitrogen and oxygen atoms in total. The molecule has 1 aliphatic heterocycles. The molecule has 0 amide bonds. The van der Waals surface area contributed by atoms with E-state index in [2.05, 4.69) is 35.2 Å². The second-order valence-electron chi connectivity index (χ2n) is 7.20. The molecule has 0 bridgehead atoms. The molecule has 2 aromatic carbocycles. The maximum Gasteiger partial charge on any atom is 0.162 e. The number of ether oxygens (including phenoxy) is 1. The maximum atomic E-state index is 12.3. The van der Waals surface area contributed by atoms with Crippen LogP contribution in [0.5, 0.6) is 0 Å². The number of rotatable bonds is 8. The molecule has 3 heteroatoms. The van der Waals surface area contributed by atoms with Gasteiger partial charge in [0.1, 0.15) is 0 Å². The van der Waals surface area contributed by atoms with E-state index in [0.717, 1.165) is 44.5 Å². The summed E-state index contributed by atoms with van der Waals surface area (Å²) in [4.78, 5) is 14.9. The zero-order valence-electron chi connectivity index (χ0n) is 15.6. The van der Waals surface area contributed by atoms with Gasteiger partial charge in [-0.3, -0.25) is 9.69 Å². The number of methoxy groups -OCH3 is 1. The zero-order valence-corrected chi connectivity index (χ0v) is 15.6. The lowest BCUT2D eigenvalue weighted by molar-refractivity contribution is 0.0142. The number of hydrogen-bond donors (Lipinski definition) is 0. The fourth-order valence-electron chi connectivity index (χ4n) is 3.91. The van der Waals surface area contributed by atoms with Crippen LogP contribution in [0.4, 0.5) is 0 Å². The Kier molecular flexibility index (Phi) is 6.98. The highest BCUT2D eigenvalue weighted by molar-refractivity contribution is 5.95. The van der Waals surface area contributed by atoms with E-state index in [-0.39, 0.29) is 11.9 Å². The van der Waals surface area contributed by atoms with E-state index in [9.17, 15) is 4.79 Å². The maximum absolute atomic E-state index is 12.3. The van der Waals surface area contributed by atoms with Crippen LogP contribution in [0.1, 0.15) is 41.6 Å². The molecule has 26 heavy (non-hydrogen) atoms. The van der Waals surface area contributed by atoms with E-state index in [1.165, 1.54) is 5.56 Å². The molecule has 0 aromatic heterocycles. The van der Waals surface area contributed by atoms with Gasteiger partial charge in [0.2, 0.25) is 0 Å². The van der Waals surface area contributed by atoms with Crippen LogP contribution in [-0.2, 0) is 11.3 Å². The number of carbonyl (C=O) groups is 1.